The van der Waals surface area contributed by atoms with Crippen molar-refractivity contribution in [3.8, 4) is 0 Å². The molecule has 0 aromatic carbocycles. The second kappa shape index (κ2) is 8.49. The van der Waals surface area contributed by atoms with E-state index in [4.69, 9.17) is 4.42 Å². The number of amides is 2. The topological polar surface area (TPSA) is 62.6 Å². The van der Waals surface area contributed by atoms with E-state index in [1.54, 1.807) is 17.0 Å². The van der Waals surface area contributed by atoms with Crippen LogP contribution in [-0.4, -0.2) is 35.8 Å². The van der Waals surface area contributed by atoms with Crippen LogP contribution >= 0.6 is 0 Å². The quantitative estimate of drug-likeness (QED) is 0.838. The molecule has 5 heteroatoms. The van der Waals surface area contributed by atoms with Crippen LogP contribution in [0.15, 0.2) is 22.8 Å². The minimum absolute atomic E-state index is 0.0236. The maximum Gasteiger partial charge on any atom is 0.289 e. The highest BCUT2D eigenvalue weighted by atomic mass is 16.3. The molecule has 1 aliphatic heterocycles. The van der Waals surface area contributed by atoms with E-state index in [2.05, 4.69) is 26.1 Å². The van der Waals surface area contributed by atoms with Crippen LogP contribution in [0.2, 0.25) is 0 Å². The fourth-order valence-electron chi connectivity index (χ4n) is 4.53. The van der Waals surface area contributed by atoms with Crippen molar-refractivity contribution in [2.75, 3.05) is 13.1 Å². The summed E-state index contributed by atoms with van der Waals surface area (Å²) >= 11 is 0. The molecule has 5 nitrogen and oxygen atoms in total. The van der Waals surface area contributed by atoms with Crippen molar-refractivity contribution in [1.29, 1.82) is 0 Å². The number of furan rings is 1. The standard InChI is InChI=1S/C22H34N2O3/c1-4-22(2,3)17-7-9-18(10-8-17)23-20(25)16-11-13-24(14-12-16)21(26)19-6-5-15-27-19/h5-6,15-18H,4,7-14H2,1-3H3,(H,23,25). The summed E-state index contributed by atoms with van der Waals surface area (Å²) in [5, 5.41) is 3.29. The molecule has 0 radical (unpaired) electrons. The maximum atomic E-state index is 12.7. The van der Waals surface area contributed by atoms with Crippen LogP contribution in [0, 0.1) is 17.3 Å². The second-order valence-electron chi connectivity index (χ2n) is 8.94. The van der Waals surface area contributed by atoms with E-state index in [0.717, 1.165) is 31.6 Å². The molecule has 0 spiro atoms. The Kier molecular flexibility index (Phi) is 6.28. The zero-order chi connectivity index (χ0) is 19.4. The van der Waals surface area contributed by atoms with Crippen LogP contribution in [0.5, 0.6) is 0 Å². The zero-order valence-corrected chi connectivity index (χ0v) is 17.0. The zero-order valence-electron chi connectivity index (χ0n) is 17.0. The van der Waals surface area contributed by atoms with Gasteiger partial charge in [-0.15, -0.1) is 0 Å². The first-order chi connectivity index (χ1) is 12.9. The summed E-state index contributed by atoms with van der Waals surface area (Å²) < 4.78 is 5.19. The summed E-state index contributed by atoms with van der Waals surface area (Å²) in [5.41, 5.74) is 0.405. The Morgan fingerprint density at radius 1 is 1.15 bits per heavy atom. The smallest absolute Gasteiger partial charge is 0.289 e. The molecule has 1 saturated carbocycles. The summed E-state index contributed by atoms with van der Waals surface area (Å²) in [5.74, 6) is 1.28. The highest BCUT2D eigenvalue weighted by molar-refractivity contribution is 5.91. The van der Waals surface area contributed by atoms with Crippen LogP contribution in [0.1, 0.15) is 76.3 Å². The Balaban J connectivity index is 1.42. The first-order valence-corrected chi connectivity index (χ1v) is 10.5. The van der Waals surface area contributed by atoms with Gasteiger partial charge >= 0.3 is 0 Å². The summed E-state index contributed by atoms with van der Waals surface area (Å²) in [7, 11) is 0. The molecule has 1 aliphatic carbocycles. The van der Waals surface area contributed by atoms with Gasteiger partial charge in [-0.25, -0.2) is 0 Å². The van der Waals surface area contributed by atoms with Crippen molar-refractivity contribution >= 4 is 11.8 Å². The van der Waals surface area contributed by atoms with Crippen molar-refractivity contribution < 1.29 is 14.0 Å². The third kappa shape index (κ3) is 4.74. The lowest BCUT2D eigenvalue weighted by molar-refractivity contribution is -0.127. The summed E-state index contributed by atoms with van der Waals surface area (Å²) in [6.45, 7) is 8.25. The van der Waals surface area contributed by atoms with Crippen LogP contribution in [0.4, 0.5) is 0 Å². The number of carbonyl (C=O) groups is 2. The normalized spacial score (nSPS) is 24.6. The summed E-state index contributed by atoms with van der Waals surface area (Å²) in [6.07, 6.45) is 8.80. The Morgan fingerprint density at radius 3 is 2.37 bits per heavy atom. The lowest BCUT2D eigenvalue weighted by Gasteiger charge is -2.39. The van der Waals surface area contributed by atoms with Gasteiger partial charge in [-0.1, -0.05) is 27.2 Å². The minimum atomic E-state index is -0.0734. The molecule has 0 atom stereocenters. The molecule has 1 N–H and O–H groups in total. The third-order valence-corrected chi connectivity index (χ3v) is 6.97. The van der Waals surface area contributed by atoms with Crippen molar-refractivity contribution in [2.24, 2.45) is 17.3 Å². The van der Waals surface area contributed by atoms with Crippen molar-refractivity contribution in [2.45, 2.75) is 71.8 Å². The molecule has 2 aliphatic rings. The fraction of sp³-hybridized carbons (Fsp3) is 0.727. The average molecular weight is 375 g/mol. The second-order valence-corrected chi connectivity index (χ2v) is 8.94. The van der Waals surface area contributed by atoms with Crippen LogP contribution in [0.3, 0.4) is 0 Å². The van der Waals surface area contributed by atoms with E-state index >= 15 is 0 Å². The van der Waals surface area contributed by atoms with Gasteiger partial charge in [-0.05, 0) is 62.0 Å². The number of hydrogen-bond donors (Lipinski definition) is 1. The van der Waals surface area contributed by atoms with Gasteiger partial charge in [0.15, 0.2) is 5.76 Å². The van der Waals surface area contributed by atoms with Gasteiger partial charge in [0.2, 0.25) is 5.91 Å². The number of piperidine rings is 1. The number of nitrogens with zero attached hydrogens (tertiary/aromatic N) is 1. The molecule has 3 rings (SSSR count). The molecule has 2 amide bonds. The number of hydrogen-bond acceptors (Lipinski definition) is 3. The molecule has 1 aromatic heterocycles. The first-order valence-electron chi connectivity index (χ1n) is 10.5. The molecule has 2 heterocycles. The Labute approximate surface area is 162 Å². The molecule has 1 aromatic rings. The van der Waals surface area contributed by atoms with Gasteiger partial charge in [0.1, 0.15) is 0 Å². The molecule has 0 bridgehead atoms. The van der Waals surface area contributed by atoms with Crippen molar-refractivity contribution in [3.05, 3.63) is 24.2 Å². The van der Waals surface area contributed by atoms with Gasteiger partial charge < -0.3 is 14.6 Å². The van der Waals surface area contributed by atoms with Crippen molar-refractivity contribution in [3.63, 3.8) is 0 Å². The molecule has 150 valence electrons. The Morgan fingerprint density at radius 2 is 1.81 bits per heavy atom. The van der Waals surface area contributed by atoms with Gasteiger partial charge in [-0.2, -0.15) is 0 Å². The van der Waals surface area contributed by atoms with E-state index in [1.165, 1.54) is 25.5 Å². The van der Waals surface area contributed by atoms with Crippen LogP contribution in [0.25, 0.3) is 0 Å². The van der Waals surface area contributed by atoms with E-state index < -0.39 is 0 Å². The maximum absolute atomic E-state index is 12.7. The Bertz CT molecular complexity index is 622. The van der Waals surface area contributed by atoms with E-state index in [9.17, 15) is 9.59 Å². The highest BCUT2D eigenvalue weighted by Gasteiger charge is 2.34. The predicted molar refractivity (Wildman–Crippen MR) is 105 cm³/mol. The molecule has 2 fully saturated rings. The van der Waals surface area contributed by atoms with Gasteiger partial charge in [0, 0.05) is 25.0 Å². The highest BCUT2D eigenvalue weighted by Crippen LogP contribution is 2.40. The molecular formula is C22H34N2O3. The molecule has 0 unspecified atom stereocenters. The van der Waals surface area contributed by atoms with Crippen LogP contribution < -0.4 is 5.32 Å². The SMILES string of the molecule is CCC(C)(C)C1CCC(NC(=O)C2CCN(C(=O)c3ccco3)CC2)CC1. The van der Waals surface area contributed by atoms with Gasteiger partial charge in [-0.3, -0.25) is 9.59 Å². The van der Waals surface area contributed by atoms with E-state index in [1.807, 2.05) is 0 Å². The fourth-order valence-corrected chi connectivity index (χ4v) is 4.53. The number of rotatable bonds is 5. The lowest BCUT2D eigenvalue weighted by atomic mass is 9.69. The molecule has 1 saturated heterocycles. The number of likely N-dealkylation sites (tertiary alicyclic amines) is 1. The predicted octanol–water partition coefficient (Wildman–Crippen LogP) is 4.24. The number of carbonyl (C=O) groups excluding carboxylic acids is 2. The van der Waals surface area contributed by atoms with Gasteiger partial charge in [0.25, 0.3) is 5.91 Å². The third-order valence-electron chi connectivity index (χ3n) is 6.97. The summed E-state index contributed by atoms with van der Waals surface area (Å²) in [4.78, 5) is 26.8. The Hall–Kier alpha value is -1.78. The van der Waals surface area contributed by atoms with E-state index in [0.29, 0.717) is 30.3 Å². The molecular weight excluding hydrogens is 340 g/mol. The average Bonchev–Trinajstić information content (AvgIpc) is 3.23. The number of nitrogens with one attached hydrogen (secondary N) is 1. The first kappa shape index (κ1) is 20.0. The largest absolute Gasteiger partial charge is 0.459 e. The van der Waals surface area contributed by atoms with E-state index in [-0.39, 0.29) is 17.7 Å². The minimum Gasteiger partial charge on any atom is -0.459 e. The lowest BCUT2D eigenvalue weighted by Crippen LogP contribution is -2.46. The molecule has 27 heavy (non-hydrogen) atoms. The monoisotopic (exact) mass is 374 g/mol. The van der Waals surface area contributed by atoms with Crippen molar-refractivity contribution in [1.82, 2.24) is 10.2 Å². The van der Waals surface area contributed by atoms with Gasteiger partial charge in [0.05, 0.1) is 6.26 Å². The summed E-state index contributed by atoms with van der Waals surface area (Å²) in [6, 6.07) is 3.74. The van der Waals surface area contributed by atoms with Crippen LogP contribution in [-0.2, 0) is 4.79 Å².